The lowest BCUT2D eigenvalue weighted by molar-refractivity contribution is 0.182. The first-order valence-corrected chi connectivity index (χ1v) is 8.90. The topological polar surface area (TPSA) is 66.5 Å². The lowest BCUT2D eigenvalue weighted by Crippen LogP contribution is -2.58. The number of nitrogens with one attached hydrogen (secondary N) is 1. The Morgan fingerprint density at radius 3 is 2.43 bits per heavy atom. The average molecular weight is 331 g/mol. The molecule has 7 heteroatoms. The Bertz CT molecular complexity index is 608. The molecule has 116 valence electrons. The average Bonchev–Trinajstić information content (AvgIpc) is 2.27. The van der Waals surface area contributed by atoms with E-state index in [0.717, 1.165) is 0 Å². The molecule has 1 saturated heterocycles. The maximum Gasteiger partial charge on any atom is 0.321 e. The lowest BCUT2D eigenvalue weighted by Gasteiger charge is -2.38. The fourth-order valence-corrected chi connectivity index (χ4v) is 4.31. The summed E-state index contributed by atoms with van der Waals surface area (Å²) in [7, 11) is -3.11. The van der Waals surface area contributed by atoms with Gasteiger partial charge in [0.2, 0.25) is 0 Å². The van der Waals surface area contributed by atoms with Gasteiger partial charge in [-0.1, -0.05) is 25.4 Å². The minimum atomic E-state index is -3.11. The van der Waals surface area contributed by atoms with Gasteiger partial charge >= 0.3 is 6.03 Å². The van der Waals surface area contributed by atoms with Crippen molar-refractivity contribution in [2.45, 2.75) is 19.1 Å². The smallest absolute Gasteiger partial charge is 0.321 e. The Labute approximate surface area is 130 Å². The first kappa shape index (κ1) is 16.1. The van der Waals surface area contributed by atoms with Crippen LogP contribution in [0.3, 0.4) is 0 Å². The predicted octanol–water partition coefficient (Wildman–Crippen LogP) is 2.63. The van der Waals surface area contributed by atoms with Crippen molar-refractivity contribution < 1.29 is 13.2 Å². The number of urea groups is 1. The normalized spacial score (nSPS) is 15.9. The number of amides is 2. The second kappa shape index (κ2) is 6.23. The van der Waals surface area contributed by atoms with E-state index >= 15 is 0 Å². The van der Waals surface area contributed by atoms with Crippen LogP contribution < -0.4 is 5.32 Å². The van der Waals surface area contributed by atoms with Crippen LogP contribution in [0.25, 0.3) is 0 Å². The number of nitrogens with zero attached hydrogens (tertiary/aromatic N) is 1. The highest BCUT2D eigenvalue weighted by Gasteiger charge is 2.39. The number of hydrogen-bond donors (Lipinski definition) is 1. The SMILES string of the molecule is CC(C)CS(=O)(=O)C1CN(C(=O)Nc2ccc(Cl)cc2)C1. The molecule has 0 atom stereocenters. The molecule has 0 aliphatic carbocycles. The summed E-state index contributed by atoms with van der Waals surface area (Å²) < 4.78 is 24.0. The van der Waals surface area contributed by atoms with Crippen molar-refractivity contribution >= 4 is 33.2 Å². The van der Waals surface area contributed by atoms with Gasteiger partial charge in [-0.15, -0.1) is 0 Å². The highest BCUT2D eigenvalue weighted by molar-refractivity contribution is 7.92. The van der Waals surface area contributed by atoms with Gasteiger partial charge in [0.1, 0.15) is 0 Å². The number of rotatable bonds is 4. The van der Waals surface area contributed by atoms with E-state index in [1.165, 1.54) is 4.90 Å². The van der Waals surface area contributed by atoms with Gasteiger partial charge in [0.15, 0.2) is 9.84 Å². The minimum Gasteiger partial charge on any atom is -0.322 e. The molecule has 2 rings (SSSR count). The van der Waals surface area contributed by atoms with Gasteiger partial charge in [-0.25, -0.2) is 13.2 Å². The summed E-state index contributed by atoms with van der Waals surface area (Å²) in [4.78, 5) is 13.5. The van der Waals surface area contributed by atoms with E-state index in [0.29, 0.717) is 10.7 Å². The third kappa shape index (κ3) is 4.11. The summed E-state index contributed by atoms with van der Waals surface area (Å²) in [6.07, 6.45) is 0. The second-order valence-corrected chi connectivity index (χ2v) is 8.45. The van der Waals surface area contributed by atoms with Gasteiger partial charge in [-0.3, -0.25) is 0 Å². The summed E-state index contributed by atoms with van der Waals surface area (Å²) in [5.74, 6) is 0.275. The molecular formula is C14H19ClN2O3S. The maximum atomic E-state index is 12.0. The van der Waals surface area contributed by atoms with E-state index in [1.54, 1.807) is 24.3 Å². The van der Waals surface area contributed by atoms with Crippen molar-refractivity contribution in [3.63, 3.8) is 0 Å². The fraction of sp³-hybridized carbons (Fsp3) is 0.500. The second-order valence-electron chi connectivity index (χ2n) is 5.69. The molecule has 1 aromatic rings. The molecule has 1 N–H and O–H groups in total. The Morgan fingerprint density at radius 1 is 1.33 bits per heavy atom. The van der Waals surface area contributed by atoms with E-state index in [-0.39, 0.29) is 30.8 Å². The first-order valence-electron chi connectivity index (χ1n) is 6.81. The molecule has 21 heavy (non-hydrogen) atoms. The van der Waals surface area contributed by atoms with Crippen LogP contribution in [-0.2, 0) is 9.84 Å². The van der Waals surface area contributed by atoms with Crippen molar-refractivity contribution in [1.29, 1.82) is 0 Å². The highest BCUT2D eigenvalue weighted by Crippen LogP contribution is 2.21. The van der Waals surface area contributed by atoms with Crippen molar-refractivity contribution in [2.24, 2.45) is 5.92 Å². The third-order valence-corrected chi connectivity index (χ3v) is 6.00. The summed E-state index contributed by atoms with van der Waals surface area (Å²) >= 11 is 5.77. The molecule has 1 heterocycles. The zero-order valence-corrected chi connectivity index (χ0v) is 13.6. The number of sulfone groups is 1. The molecule has 0 bridgehead atoms. The highest BCUT2D eigenvalue weighted by atomic mass is 35.5. The Morgan fingerprint density at radius 2 is 1.90 bits per heavy atom. The Hall–Kier alpha value is -1.27. The molecule has 0 unspecified atom stereocenters. The van der Waals surface area contributed by atoms with Crippen LogP contribution in [0.1, 0.15) is 13.8 Å². The molecule has 1 aromatic carbocycles. The lowest BCUT2D eigenvalue weighted by atomic mass is 10.2. The summed E-state index contributed by atoms with van der Waals surface area (Å²) in [6, 6.07) is 6.49. The zero-order valence-electron chi connectivity index (χ0n) is 12.0. The van der Waals surface area contributed by atoms with Gasteiger partial charge in [-0.05, 0) is 30.2 Å². The van der Waals surface area contributed by atoms with Gasteiger partial charge in [0.05, 0.1) is 11.0 Å². The van der Waals surface area contributed by atoms with E-state index in [2.05, 4.69) is 5.32 Å². The van der Waals surface area contributed by atoms with Crippen LogP contribution in [0.4, 0.5) is 10.5 Å². The number of anilines is 1. The molecule has 0 saturated carbocycles. The van der Waals surface area contributed by atoms with Crippen LogP contribution in [0.15, 0.2) is 24.3 Å². The molecule has 0 aromatic heterocycles. The van der Waals surface area contributed by atoms with Crippen molar-refractivity contribution in [1.82, 2.24) is 4.90 Å². The Kier molecular flexibility index (Phi) is 4.78. The molecule has 2 amide bonds. The summed E-state index contributed by atoms with van der Waals surface area (Å²) in [6.45, 7) is 4.27. The Balaban J connectivity index is 1.86. The van der Waals surface area contributed by atoms with E-state index < -0.39 is 15.1 Å². The van der Waals surface area contributed by atoms with Crippen LogP contribution in [0, 0.1) is 5.92 Å². The zero-order chi connectivity index (χ0) is 15.6. The molecular weight excluding hydrogens is 312 g/mol. The van der Waals surface area contributed by atoms with Gasteiger partial charge in [0, 0.05) is 23.8 Å². The van der Waals surface area contributed by atoms with Crippen LogP contribution in [0.2, 0.25) is 5.02 Å². The van der Waals surface area contributed by atoms with E-state index in [4.69, 9.17) is 11.6 Å². The van der Waals surface area contributed by atoms with Gasteiger partial charge in [0.25, 0.3) is 0 Å². The summed E-state index contributed by atoms with van der Waals surface area (Å²) in [5, 5.41) is 2.88. The molecule has 1 aliphatic heterocycles. The van der Waals surface area contributed by atoms with Crippen molar-refractivity contribution in [3.05, 3.63) is 29.3 Å². The largest absolute Gasteiger partial charge is 0.322 e. The molecule has 1 fully saturated rings. The quantitative estimate of drug-likeness (QED) is 0.922. The molecule has 1 aliphatic rings. The van der Waals surface area contributed by atoms with E-state index in [1.807, 2.05) is 13.8 Å². The molecule has 5 nitrogen and oxygen atoms in total. The van der Waals surface area contributed by atoms with Crippen LogP contribution >= 0.6 is 11.6 Å². The molecule has 0 spiro atoms. The number of halogens is 1. The van der Waals surface area contributed by atoms with Crippen molar-refractivity contribution in [2.75, 3.05) is 24.2 Å². The number of benzene rings is 1. The minimum absolute atomic E-state index is 0.104. The van der Waals surface area contributed by atoms with Crippen LogP contribution in [-0.4, -0.2) is 43.4 Å². The van der Waals surface area contributed by atoms with Gasteiger partial charge in [-0.2, -0.15) is 0 Å². The first-order chi connectivity index (χ1) is 9.78. The maximum absolute atomic E-state index is 12.0. The number of likely N-dealkylation sites (tertiary alicyclic amines) is 1. The number of carbonyl (C=O) groups excluding carboxylic acids is 1. The van der Waals surface area contributed by atoms with Gasteiger partial charge < -0.3 is 10.2 Å². The molecule has 0 radical (unpaired) electrons. The van der Waals surface area contributed by atoms with E-state index in [9.17, 15) is 13.2 Å². The van der Waals surface area contributed by atoms with Crippen LogP contribution in [0.5, 0.6) is 0 Å². The predicted molar refractivity (Wildman–Crippen MR) is 84.5 cm³/mol. The fourth-order valence-electron chi connectivity index (χ4n) is 2.17. The standard InChI is InChI=1S/C14H19ClN2O3S/c1-10(2)9-21(19,20)13-7-17(8-13)14(18)16-12-5-3-11(15)4-6-12/h3-6,10,13H,7-9H2,1-2H3,(H,16,18). The van der Waals surface area contributed by atoms with Crippen molar-refractivity contribution in [3.8, 4) is 0 Å². The summed E-state index contributed by atoms with van der Waals surface area (Å²) in [5.41, 5.74) is 0.637. The third-order valence-electron chi connectivity index (χ3n) is 3.30. The monoisotopic (exact) mass is 330 g/mol. The number of carbonyl (C=O) groups is 1. The number of hydrogen-bond acceptors (Lipinski definition) is 3.